The van der Waals surface area contributed by atoms with E-state index in [9.17, 15) is 9.90 Å². The van der Waals surface area contributed by atoms with Gasteiger partial charge in [-0.1, -0.05) is 45.0 Å². The van der Waals surface area contributed by atoms with Crippen LogP contribution in [0.1, 0.15) is 37.9 Å². The Morgan fingerprint density at radius 1 is 1.35 bits per heavy atom. The highest BCUT2D eigenvalue weighted by molar-refractivity contribution is 5.82. The van der Waals surface area contributed by atoms with Crippen molar-refractivity contribution in [1.82, 2.24) is 5.32 Å². The maximum atomic E-state index is 12.0. The van der Waals surface area contributed by atoms with Crippen LogP contribution in [-0.4, -0.2) is 17.1 Å². The molecule has 2 rings (SSSR count). The second-order valence-electron chi connectivity index (χ2n) is 5.67. The summed E-state index contributed by atoms with van der Waals surface area (Å²) in [5.74, 6) is -0.0294. The molecule has 0 aliphatic heterocycles. The maximum absolute atomic E-state index is 12.0. The highest BCUT2D eigenvalue weighted by Gasteiger charge is 2.34. The molecule has 3 nitrogen and oxygen atoms in total. The minimum atomic E-state index is -0.515. The molecule has 0 spiro atoms. The summed E-state index contributed by atoms with van der Waals surface area (Å²) < 4.78 is 0. The maximum Gasteiger partial charge on any atom is 0.225 e. The second kappa shape index (κ2) is 4.15. The zero-order valence-electron chi connectivity index (χ0n) is 10.5. The largest absolute Gasteiger partial charge is 0.390 e. The third-order valence-electron chi connectivity index (χ3n) is 3.17. The summed E-state index contributed by atoms with van der Waals surface area (Å²) in [5.41, 5.74) is 1.73. The van der Waals surface area contributed by atoms with E-state index in [1.807, 2.05) is 45.0 Å². The van der Waals surface area contributed by atoms with Gasteiger partial charge in [0.25, 0.3) is 0 Å². The third-order valence-corrected chi connectivity index (χ3v) is 3.17. The zero-order valence-corrected chi connectivity index (χ0v) is 10.5. The normalized spacial score (nSPS) is 23.3. The number of fused-ring (bicyclic) bond motifs is 1. The SMILES string of the molecule is CC(C)(C)C(=O)N[C@H]1c2ccccc2C[C@@H]1O. The molecule has 92 valence electrons. The van der Waals surface area contributed by atoms with Crippen molar-refractivity contribution < 1.29 is 9.90 Å². The lowest BCUT2D eigenvalue weighted by atomic mass is 9.94. The van der Waals surface area contributed by atoms with Gasteiger partial charge in [0.15, 0.2) is 0 Å². The molecule has 1 aromatic carbocycles. The van der Waals surface area contributed by atoms with Gasteiger partial charge in [-0.15, -0.1) is 0 Å². The van der Waals surface area contributed by atoms with Crippen LogP contribution in [0.5, 0.6) is 0 Å². The molecule has 2 atom stereocenters. The number of benzene rings is 1. The molecular weight excluding hydrogens is 214 g/mol. The first kappa shape index (κ1) is 12.1. The molecule has 0 saturated carbocycles. The van der Waals surface area contributed by atoms with Crippen LogP contribution in [0.4, 0.5) is 0 Å². The van der Waals surface area contributed by atoms with Crippen LogP contribution in [-0.2, 0) is 11.2 Å². The fourth-order valence-corrected chi connectivity index (χ4v) is 2.11. The summed E-state index contributed by atoms with van der Waals surface area (Å²) in [6.45, 7) is 5.61. The quantitative estimate of drug-likeness (QED) is 0.777. The number of aliphatic hydroxyl groups is 1. The molecule has 0 fully saturated rings. The Morgan fingerprint density at radius 3 is 2.65 bits per heavy atom. The Kier molecular flexibility index (Phi) is 2.96. The lowest BCUT2D eigenvalue weighted by Gasteiger charge is -2.24. The van der Waals surface area contributed by atoms with Crippen LogP contribution in [0.3, 0.4) is 0 Å². The number of carbonyl (C=O) groups excluding carboxylic acids is 1. The Bertz CT molecular complexity index is 434. The summed E-state index contributed by atoms with van der Waals surface area (Å²) in [6, 6.07) is 7.60. The minimum Gasteiger partial charge on any atom is -0.390 e. The molecule has 0 aromatic heterocycles. The molecule has 1 aliphatic carbocycles. The van der Waals surface area contributed by atoms with Crippen LogP contribution in [0, 0.1) is 5.41 Å². The predicted octanol–water partition coefficient (Wildman–Crippen LogP) is 1.81. The van der Waals surface area contributed by atoms with E-state index in [1.165, 1.54) is 0 Å². The lowest BCUT2D eigenvalue weighted by Crippen LogP contribution is -2.40. The van der Waals surface area contributed by atoms with E-state index < -0.39 is 11.5 Å². The van der Waals surface area contributed by atoms with Gasteiger partial charge in [-0.25, -0.2) is 0 Å². The van der Waals surface area contributed by atoms with Crippen LogP contribution in [0.25, 0.3) is 0 Å². The number of carbonyl (C=O) groups is 1. The summed E-state index contributed by atoms with van der Waals surface area (Å²) in [4.78, 5) is 12.0. The first-order chi connectivity index (χ1) is 7.89. The van der Waals surface area contributed by atoms with E-state index >= 15 is 0 Å². The summed E-state index contributed by atoms with van der Waals surface area (Å²) in [6.07, 6.45) is 0.101. The molecule has 0 saturated heterocycles. The van der Waals surface area contributed by atoms with Crippen molar-refractivity contribution in [2.75, 3.05) is 0 Å². The van der Waals surface area contributed by atoms with Crippen molar-refractivity contribution >= 4 is 5.91 Å². The van der Waals surface area contributed by atoms with E-state index in [4.69, 9.17) is 0 Å². The van der Waals surface area contributed by atoms with E-state index in [0.29, 0.717) is 6.42 Å². The third kappa shape index (κ3) is 2.34. The molecule has 0 heterocycles. The van der Waals surface area contributed by atoms with Gasteiger partial charge in [-0.2, -0.15) is 0 Å². The number of hydrogen-bond acceptors (Lipinski definition) is 2. The van der Waals surface area contributed by atoms with Gasteiger partial charge in [-0.3, -0.25) is 4.79 Å². The van der Waals surface area contributed by atoms with E-state index in [-0.39, 0.29) is 11.9 Å². The molecule has 0 unspecified atom stereocenters. The molecule has 0 bridgehead atoms. The monoisotopic (exact) mass is 233 g/mol. The molecule has 1 aliphatic rings. The van der Waals surface area contributed by atoms with Gasteiger partial charge in [0.1, 0.15) is 0 Å². The Morgan fingerprint density at radius 2 is 2.00 bits per heavy atom. The minimum absolute atomic E-state index is 0.0294. The van der Waals surface area contributed by atoms with Crippen molar-refractivity contribution in [2.45, 2.75) is 39.3 Å². The highest BCUT2D eigenvalue weighted by atomic mass is 16.3. The van der Waals surface area contributed by atoms with Crippen molar-refractivity contribution in [3.63, 3.8) is 0 Å². The second-order valence-corrected chi connectivity index (χ2v) is 5.67. The number of hydrogen-bond donors (Lipinski definition) is 2. The van der Waals surface area contributed by atoms with Crippen LogP contribution in [0.15, 0.2) is 24.3 Å². The fraction of sp³-hybridized carbons (Fsp3) is 0.500. The van der Waals surface area contributed by atoms with Gasteiger partial charge >= 0.3 is 0 Å². The molecule has 2 N–H and O–H groups in total. The van der Waals surface area contributed by atoms with E-state index in [1.54, 1.807) is 0 Å². The molecular formula is C14H19NO2. The van der Waals surface area contributed by atoms with E-state index in [2.05, 4.69) is 5.32 Å². The Hall–Kier alpha value is -1.35. The lowest BCUT2D eigenvalue weighted by molar-refractivity contribution is -0.130. The van der Waals surface area contributed by atoms with Gasteiger partial charge in [-0.05, 0) is 11.1 Å². The smallest absolute Gasteiger partial charge is 0.225 e. The average molecular weight is 233 g/mol. The van der Waals surface area contributed by atoms with Gasteiger partial charge in [0, 0.05) is 11.8 Å². The molecule has 1 aromatic rings. The molecule has 0 radical (unpaired) electrons. The van der Waals surface area contributed by atoms with E-state index in [0.717, 1.165) is 11.1 Å². The predicted molar refractivity (Wildman–Crippen MR) is 66.5 cm³/mol. The summed E-state index contributed by atoms with van der Waals surface area (Å²) >= 11 is 0. The standard InChI is InChI=1S/C14H19NO2/c1-14(2,3)13(17)15-12-10-7-5-4-6-9(10)8-11(12)16/h4-7,11-12,16H,8H2,1-3H3,(H,15,17)/t11-,12-/m0/s1. The first-order valence-corrected chi connectivity index (χ1v) is 5.96. The van der Waals surface area contributed by atoms with Gasteiger partial charge < -0.3 is 10.4 Å². The Balaban J connectivity index is 2.20. The van der Waals surface area contributed by atoms with Gasteiger partial charge in [0.05, 0.1) is 12.1 Å². The number of rotatable bonds is 1. The van der Waals surface area contributed by atoms with Crippen LogP contribution in [0.2, 0.25) is 0 Å². The fourth-order valence-electron chi connectivity index (χ4n) is 2.11. The molecule has 17 heavy (non-hydrogen) atoms. The van der Waals surface area contributed by atoms with Gasteiger partial charge in [0.2, 0.25) is 5.91 Å². The Labute approximate surface area is 102 Å². The number of aliphatic hydroxyl groups excluding tert-OH is 1. The zero-order chi connectivity index (χ0) is 12.6. The van der Waals surface area contributed by atoms with Crippen LogP contribution < -0.4 is 5.32 Å². The number of nitrogens with one attached hydrogen (secondary N) is 1. The van der Waals surface area contributed by atoms with Crippen LogP contribution >= 0.6 is 0 Å². The number of amides is 1. The molecule has 3 heteroatoms. The van der Waals surface area contributed by atoms with Crippen molar-refractivity contribution in [3.05, 3.63) is 35.4 Å². The summed E-state index contributed by atoms with van der Waals surface area (Å²) in [5, 5.41) is 12.9. The first-order valence-electron chi connectivity index (χ1n) is 5.96. The van der Waals surface area contributed by atoms with Crippen molar-refractivity contribution in [3.8, 4) is 0 Å². The topological polar surface area (TPSA) is 49.3 Å². The average Bonchev–Trinajstić information content (AvgIpc) is 2.54. The van der Waals surface area contributed by atoms with Crippen molar-refractivity contribution in [1.29, 1.82) is 0 Å². The van der Waals surface area contributed by atoms with Crippen molar-refractivity contribution in [2.24, 2.45) is 5.41 Å². The molecule has 1 amide bonds. The highest BCUT2D eigenvalue weighted by Crippen LogP contribution is 2.32. The summed E-state index contributed by atoms with van der Waals surface area (Å²) in [7, 11) is 0.